The molecule has 106 valence electrons. The lowest BCUT2D eigenvalue weighted by molar-refractivity contribution is 0.169. The van der Waals surface area contributed by atoms with Crippen LogP contribution in [0.1, 0.15) is 5.56 Å². The van der Waals surface area contributed by atoms with Crippen molar-refractivity contribution in [3.8, 4) is 11.5 Å². The summed E-state index contributed by atoms with van der Waals surface area (Å²) in [5.74, 6) is 1.42. The molecule has 1 aromatic carbocycles. The number of fused-ring (bicyclic) bond motifs is 1. The molecule has 0 amide bonds. The van der Waals surface area contributed by atoms with Gasteiger partial charge in [-0.25, -0.2) is 8.42 Å². The van der Waals surface area contributed by atoms with Crippen molar-refractivity contribution in [1.29, 1.82) is 0 Å². The van der Waals surface area contributed by atoms with Crippen molar-refractivity contribution in [2.24, 2.45) is 0 Å². The Bertz CT molecular complexity index is 737. The second-order valence-corrected chi connectivity index (χ2v) is 6.60. The molecule has 20 heavy (non-hydrogen) atoms. The first-order valence-electron chi connectivity index (χ1n) is 6.14. The third kappa shape index (κ3) is 2.49. The average molecular weight is 294 g/mol. The monoisotopic (exact) mass is 294 g/mol. The number of hydrogen-bond acceptors (Lipinski definition) is 5. The summed E-state index contributed by atoms with van der Waals surface area (Å²) in [5, 5.41) is 4.07. The third-order valence-electron chi connectivity index (χ3n) is 3.02. The van der Waals surface area contributed by atoms with Crippen LogP contribution in [0.3, 0.4) is 0 Å². The van der Waals surface area contributed by atoms with Crippen LogP contribution >= 0.6 is 0 Å². The molecule has 0 atom stereocenters. The number of sulfone groups is 1. The fourth-order valence-corrected chi connectivity index (χ4v) is 2.61. The first kappa shape index (κ1) is 13.0. The Hall–Kier alpha value is -2.02. The zero-order chi connectivity index (χ0) is 14.2. The molecule has 0 aliphatic carbocycles. The van der Waals surface area contributed by atoms with E-state index in [1.54, 1.807) is 4.68 Å². The maximum atomic E-state index is 11.4. The van der Waals surface area contributed by atoms with Crippen molar-refractivity contribution < 1.29 is 17.9 Å². The van der Waals surface area contributed by atoms with Gasteiger partial charge in [0.15, 0.2) is 21.3 Å². The molecule has 1 aliphatic heterocycles. The zero-order valence-corrected chi connectivity index (χ0v) is 11.8. The van der Waals surface area contributed by atoms with Gasteiger partial charge in [-0.15, -0.1) is 0 Å². The molecule has 0 N–H and O–H groups in total. The van der Waals surface area contributed by atoms with Crippen LogP contribution in [0.2, 0.25) is 0 Å². The Kier molecular flexibility index (Phi) is 3.13. The lowest BCUT2D eigenvalue weighted by Crippen LogP contribution is -2.17. The minimum absolute atomic E-state index is 0.208. The standard InChI is InChI=1S/C13H14N2O4S/c1-20(16,17)11-7-14-15(9-11)8-10-3-2-4-12-13(10)19-6-5-18-12/h2-4,7,9H,5-6,8H2,1H3. The van der Waals surface area contributed by atoms with Crippen molar-refractivity contribution in [1.82, 2.24) is 9.78 Å². The van der Waals surface area contributed by atoms with Crippen LogP contribution in [-0.4, -0.2) is 37.7 Å². The van der Waals surface area contributed by atoms with Crippen molar-refractivity contribution in [3.05, 3.63) is 36.2 Å². The van der Waals surface area contributed by atoms with Gasteiger partial charge in [0.2, 0.25) is 0 Å². The van der Waals surface area contributed by atoms with E-state index in [0.29, 0.717) is 31.3 Å². The first-order valence-corrected chi connectivity index (χ1v) is 8.03. The smallest absolute Gasteiger partial charge is 0.178 e. The highest BCUT2D eigenvalue weighted by atomic mass is 32.2. The molecule has 0 fully saturated rings. The Morgan fingerprint density at radius 1 is 1.30 bits per heavy atom. The van der Waals surface area contributed by atoms with Crippen LogP contribution in [0.25, 0.3) is 0 Å². The summed E-state index contributed by atoms with van der Waals surface area (Å²) in [7, 11) is -3.23. The quantitative estimate of drug-likeness (QED) is 0.848. The largest absolute Gasteiger partial charge is 0.486 e. The molecule has 0 bridgehead atoms. The predicted molar refractivity (Wildman–Crippen MR) is 71.9 cm³/mol. The number of hydrogen-bond donors (Lipinski definition) is 0. The Balaban J connectivity index is 1.90. The summed E-state index contributed by atoms with van der Waals surface area (Å²) >= 11 is 0. The SMILES string of the molecule is CS(=O)(=O)c1cnn(Cc2cccc3c2OCCO3)c1. The van der Waals surface area contributed by atoms with Gasteiger partial charge in [0, 0.05) is 18.0 Å². The summed E-state index contributed by atoms with van der Waals surface area (Å²) in [6.45, 7) is 1.48. The number of rotatable bonds is 3. The van der Waals surface area contributed by atoms with E-state index in [-0.39, 0.29) is 4.90 Å². The highest BCUT2D eigenvalue weighted by molar-refractivity contribution is 7.90. The van der Waals surface area contributed by atoms with E-state index in [0.717, 1.165) is 11.8 Å². The van der Waals surface area contributed by atoms with Gasteiger partial charge in [-0.1, -0.05) is 12.1 Å². The molecule has 2 aromatic rings. The molecule has 0 saturated carbocycles. The van der Waals surface area contributed by atoms with Gasteiger partial charge in [0.1, 0.15) is 18.1 Å². The minimum atomic E-state index is -3.23. The topological polar surface area (TPSA) is 70.4 Å². The van der Waals surface area contributed by atoms with Crippen LogP contribution in [0.4, 0.5) is 0 Å². The fraction of sp³-hybridized carbons (Fsp3) is 0.308. The van der Waals surface area contributed by atoms with Gasteiger partial charge in [0.25, 0.3) is 0 Å². The van der Waals surface area contributed by atoms with Gasteiger partial charge < -0.3 is 9.47 Å². The van der Waals surface area contributed by atoms with E-state index >= 15 is 0 Å². The van der Waals surface area contributed by atoms with Crippen molar-refractivity contribution in [2.45, 2.75) is 11.4 Å². The van der Waals surface area contributed by atoms with Crippen molar-refractivity contribution in [2.75, 3.05) is 19.5 Å². The number of nitrogens with zero attached hydrogens (tertiary/aromatic N) is 2. The highest BCUT2D eigenvalue weighted by Gasteiger charge is 2.17. The van der Waals surface area contributed by atoms with Gasteiger partial charge in [0.05, 0.1) is 12.7 Å². The van der Waals surface area contributed by atoms with E-state index in [9.17, 15) is 8.42 Å². The van der Waals surface area contributed by atoms with Crippen LogP contribution in [-0.2, 0) is 16.4 Å². The molecule has 3 rings (SSSR count). The Morgan fingerprint density at radius 2 is 2.10 bits per heavy atom. The van der Waals surface area contributed by atoms with Gasteiger partial charge >= 0.3 is 0 Å². The molecule has 1 aromatic heterocycles. The summed E-state index contributed by atoms with van der Waals surface area (Å²) < 4.78 is 35.6. The molecule has 1 aliphatic rings. The average Bonchev–Trinajstić information content (AvgIpc) is 2.88. The Labute approximate surface area is 116 Å². The van der Waals surface area contributed by atoms with Gasteiger partial charge in [-0.05, 0) is 6.07 Å². The van der Waals surface area contributed by atoms with E-state index < -0.39 is 9.84 Å². The number of benzene rings is 1. The zero-order valence-electron chi connectivity index (χ0n) is 10.9. The second-order valence-electron chi connectivity index (χ2n) is 4.59. The normalized spacial score (nSPS) is 14.2. The van der Waals surface area contributed by atoms with Crippen LogP contribution in [0, 0.1) is 0 Å². The molecule has 0 spiro atoms. The highest BCUT2D eigenvalue weighted by Crippen LogP contribution is 2.33. The molecular formula is C13H14N2O4S. The second kappa shape index (κ2) is 4.82. The summed E-state index contributed by atoms with van der Waals surface area (Å²) in [6, 6.07) is 5.64. The summed E-state index contributed by atoms with van der Waals surface area (Å²) in [5.41, 5.74) is 0.908. The summed E-state index contributed by atoms with van der Waals surface area (Å²) in [4.78, 5) is 0.208. The summed E-state index contributed by atoms with van der Waals surface area (Å²) in [6.07, 6.45) is 4.02. The van der Waals surface area contributed by atoms with Crippen molar-refractivity contribution >= 4 is 9.84 Å². The molecule has 0 unspecified atom stereocenters. The third-order valence-corrected chi connectivity index (χ3v) is 4.08. The lowest BCUT2D eigenvalue weighted by atomic mass is 10.2. The molecule has 2 heterocycles. The fourth-order valence-electron chi connectivity index (χ4n) is 2.06. The van der Waals surface area contributed by atoms with E-state index in [1.165, 1.54) is 12.4 Å². The lowest BCUT2D eigenvalue weighted by Gasteiger charge is -2.20. The predicted octanol–water partition coefficient (Wildman–Crippen LogP) is 1.11. The number of ether oxygens (including phenoxy) is 2. The van der Waals surface area contributed by atoms with Gasteiger partial charge in [-0.3, -0.25) is 4.68 Å². The van der Waals surface area contributed by atoms with E-state index in [2.05, 4.69) is 5.10 Å². The van der Waals surface area contributed by atoms with Crippen LogP contribution in [0.5, 0.6) is 11.5 Å². The molecule has 7 heteroatoms. The van der Waals surface area contributed by atoms with Crippen molar-refractivity contribution in [3.63, 3.8) is 0 Å². The molecule has 0 radical (unpaired) electrons. The number of aromatic nitrogens is 2. The number of para-hydroxylation sites is 1. The molecule has 6 nitrogen and oxygen atoms in total. The van der Waals surface area contributed by atoms with Crippen LogP contribution in [0.15, 0.2) is 35.5 Å². The molecular weight excluding hydrogens is 280 g/mol. The maximum absolute atomic E-state index is 11.4. The van der Waals surface area contributed by atoms with Crippen LogP contribution < -0.4 is 9.47 Å². The maximum Gasteiger partial charge on any atom is 0.178 e. The first-order chi connectivity index (χ1) is 9.54. The molecule has 0 saturated heterocycles. The minimum Gasteiger partial charge on any atom is -0.486 e. The van der Waals surface area contributed by atoms with E-state index in [1.807, 2.05) is 18.2 Å². The Morgan fingerprint density at radius 3 is 2.85 bits per heavy atom. The van der Waals surface area contributed by atoms with Gasteiger partial charge in [-0.2, -0.15) is 5.10 Å². The van der Waals surface area contributed by atoms with E-state index in [4.69, 9.17) is 9.47 Å².